The number of nitrogens with zero attached hydrogens (tertiary/aromatic N) is 2. The van der Waals surface area contributed by atoms with Gasteiger partial charge in [0, 0.05) is 18.1 Å². The Labute approximate surface area is 104 Å². The van der Waals surface area contributed by atoms with Crippen LogP contribution in [0.5, 0.6) is 0 Å². The molecule has 2 heterocycles. The zero-order chi connectivity index (χ0) is 12.5. The standard InChI is InChI=1S/C13H13FN2O2/c1-8-2-3-10(14)6-11(8)13-15-12(16-18-13)9-4-5-17-7-9/h2-3,6,9H,4-5,7H2,1H3/t9-/m1/s1. The second-order valence-corrected chi connectivity index (χ2v) is 4.48. The van der Waals surface area contributed by atoms with Gasteiger partial charge in [0.2, 0.25) is 0 Å². The van der Waals surface area contributed by atoms with Gasteiger partial charge in [-0.15, -0.1) is 0 Å². The molecule has 94 valence electrons. The van der Waals surface area contributed by atoms with Crippen molar-refractivity contribution >= 4 is 0 Å². The van der Waals surface area contributed by atoms with Crippen molar-refractivity contribution in [3.8, 4) is 11.5 Å². The molecule has 0 saturated carbocycles. The van der Waals surface area contributed by atoms with Crippen molar-refractivity contribution < 1.29 is 13.7 Å². The van der Waals surface area contributed by atoms with Crippen LogP contribution in [-0.4, -0.2) is 23.4 Å². The van der Waals surface area contributed by atoms with E-state index in [1.165, 1.54) is 12.1 Å². The van der Waals surface area contributed by atoms with E-state index in [2.05, 4.69) is 10.1 Å². The normalized spacial score (nSPS) is 19.3. The lowest BCUT2D eigenvalue weighted by atomic mass is 10.1. The van der Waals surface area contributed by atoms with Gasteiger partial charge in [-0.2, -0.15) is 4.98 Å². The predicted octanol–water partition coefficient (Wildman–Crippen LogP) is 2.69. The van der Waals surface area contributed by atoms with Gasteiger partial charge in [0.25, 0.3) is 5.89 Å². The predicted molar refractivity (Wildman–Crippen MR) is 62.6 cm³/mol. The molecule has 2 aromatic rings. The van der Waals surface area contributed by atoms with Crippen LogP contribution < -0.4 is 0 Å². The summed E-state index contributed by atoms with van der Waals surface area (Å²) in [7, 11) is 0. The van der Waals surface area contributed by atoms with Crippen LogP contribution in [0.4, 0.5) is 4.39 Å². The largest absolute Gasteiger partial charge is 0.381 e. The summed E-state index contributed by atoms with van der Waals surface area (Å²) in [5.74, 6) is 0.899. The third-order valence-corrected chi connectivity index (χ3v) is 3.17. The molecule has 0 amide bonds. The lowest BCUT2D eigenvalue weighted by Gasteiger charge is -2.00. The van der Waals surface area contributed by atoms with E-state index in [-0.39, 0.29) is 11.7 Å². The molecule has 1 saturated heterocycles. The van der Waals surface area contributed by atoms with Gasteiger partial charge in [-0.1, -0.05) is 11.2 Å². The van der Waals surface area contributed by atoms with Crippen LogP contribution in [0.1, 0.15) is 23.7 Å². The van der Waals surface area contributed by atoms with Gasteiger partial charge in [-0.05, 0) is 31.0 Å². The van der Waals surface area contributed by atoms with E-state index in [0.29, 0.717) is 23.9 Å². The highest BCUT2D eigenvalue weighted by atomic mass is 19.1. The summed E-state index contributed by atoms with van der Waals surface area (Å²) in [5, 5.41) is 3.96. The minimum absolute atomic E-state index is 0.191. The summed E-state index contributed by atoms with van der Waals surface area (Å²) < 4.78 is 23.7. The zero-order valence-corrected chi connectivity index (χ0v) is 10.0. The number of rotatable bonds is 2. The van der Waals surface area contributed by atoms with Gasteiger partial charge >= 0.3 is 0 Å². The molecule has 0 N–H and O–H groups in total. The molecule has 4 nitrogen and oxygen atoms in total. The van der Waals surface area contributed by atoms with Crippen LogP contribution in [0.25, 0.3) is 11.5 Å². The Bertz CT molecular complexity index is 562. The van der Waals surface area contributed by atoms with Crippen molar-refractivity contribution in [2.75, 3.05) is 13.2 Å². The molecule has 0 aliphatic carbocycles. The van der Waals surface area contributed by atoms with E-state index < -0.39 is 0 Å². The zero-order valence-electron chi connectivity index (χ0n) is 10.0. The van der Waals surface area contributed by atoms with E-state index in [4.69, 9.17) is 9.26 Å². The molecule has 1 aliphatic rings. The Hall–Kier alpha value is -1.75. The third kappa shape index (κ3) is 2.01. The van der Waals surface area contributed by atoms with E-state index in [1.54, 1.807) is 6.07 Å². The monoisotopic (exact) mass is 248 g/mol. The quantitative estimate of drug-likeness (QED) is 0.819. The van der Waals surface area contributed by atoms with Crippen molar-refractivity contribution in [2.24, 2.45) is 0 Å². The molecule has 1 aromatic heterocycles. The van der Waals surface area contributed by atoms with Gasteiger partial charge < -0.3 is 9.26 Å². The molecule has 0 unspecified atom stereocenters. The molecule has 0 radical (unpaired) electrons. The minimum atomic E-state index is -0.306. The molecule has 1 atom stereocenters. The highest BCUT2D eigenvalue weighted by Gasteiger charge is 2.23. The lowest BCUT2D eigenvalue weighted by Crippen LogP contribution is -1.99. The van der Waals surface area contributed by atoms with Crippen molar-refractivity contribution in [3.63, 3.8) is 0 Å². The van der Waals surface area contributed by atoms with Gasteiger partial charge in [0.05, 0.1) is 6.61 Å². The SMILES string of the molecule is Cc1ccc(F)cc1-c1nc([C@@H]2CCOC2)no1. The molecule has 1 fully saturated rings. The Morgan fingerprint density at radius 3 is 3.06 bits per heavy atom. The van der Waals surface area contributed by atoms with Crippen LogP contribution in [-0.2, 0) is 4.74 Å². The molecular formula is C13H13FN2O2. The number of hydrogen-bond acceptors (Lipinski definition) is 4. The second kappa shape index (κ2) is 4.49. The summed E-state index contributed by atoms with van der Waals surface area (Å²) in [6.07, 6.45) is 0.904. The van der Waals surface area contributed by atoms with Crippen molar-refractivity contribution in [2.45, 2.75) is 19.3 Å². The second-order valence-electron chi connectivity index (χ2n) is 4.48. The Kier molecular flexibility index (Phi) is 2.83. The van der Waals surface area contributed by atoms with E-state index in [1.807, 2.05) is 6.92 Å². The summed E-state index contributed by atoms with van der Waals surface area (Å²) in [6, 6.07) is 4.53. The van der Waals surface area contributed by atoms with E-state index in [0.717, 1.165) is 18.6 Å². The number of ether oxygens (including phenoxy) is 1. The van der Waals surface area contributed by atoms with Crippen molar-refractivity contribution in [1.29, 1.82) is 0 Å². The number of halogens is 1. The summed E-state index contributed by atoms with van der Waals surface area (Å²) in [4.78, 5) is 4.34. The van der Waals surface area contributed by atoms with Crippen LogP contribution in [0, 0.1) is 12.7 Å². The number of hydrogen-bond donors (Lipinski definition) is 0. The molecule has 1 aliphatic heterocycles. The summed E-state index contributed by atoms with van der Waals surface area (Å²) >= 11 is 0. The first-order valence-corrected chi connectivity index (χ1v) is 5.92. The highest BCUT2D eigenvalue weighted by molar-refractivity contribution is 5.58. The minimum Gasteiger partial charge on any atom is -0.381 e. The first-order chi connectivity index (χ1) is 8.74. The number of aromatic nitrogens is 2. The highest BCUT2D eigenvalue weighted by Crippen LogP contribution is 2.27. The van der Waals surface area contributed by atoms with E-state index in [9.17, 15) is 4.39 Å². The molecule has 3 rings (SSSR count). The van der Waals surface area contributed by atoms with E-state index >= 15 is 0 Å². The molecule has 0 spiro atoms. The maximum Gasteiger partial charge on any atom is 0.258 e. The maximum atomic E-state index is 13.2. The topological polar surface area (TPSA) is 48.2 Å². The lowest BCUT2D eigenvalue weighted by molar-refractivity contribution is 0.192. The fourth-order valence-corrected chi connectivity index (χ4v) is 2.07. The van der Waals surface area contributed by atoms with Gasteiger partial charge in [0.1, 0.15) is 5.82 Å². The van der Waals surface area contributed by atoms with Crippen LogP contribution in [0.15, 0.2) is 22.7 Å². The Morgan fingerprint density at radius 2 is 2.28 bits per heavy atom. The van der Waals surface area contributed by atoms with Gasteiger partial charge in [-0.25, -0.2) is 4.39 Å². The average molecular weight is 248 g/mol. The molecule has 5 heteroatoms. The maximum absolute atomic E-state index is 13.2. The molecule has 1 aromatic carbocycles. The van der Waals surface area contributed by atoms with Crippen LogP contribution in [0.2, 0.25) is 0 Å². The summed E-state index contributed by atoms with van der Waals surface area (Å²) in [5.41, 5.74) is 1.56. The first-order valence-electron chi connectivity index (χ1n) is 5.92. The smallest absolute Gasteiger partial charge is 0.258 e. The number of aryl methyl sites for hydroxylation is 1. The fourth-order valence-electron chi connectivity index (χ4n) is 2.07. The van der Waals surface area contributed by atoms with Crippen LogP contribution in [0.3, 0.4) is 0 Å². The molecule has 0 bridgehead atoms. The fraction of sp³-hybridized carbons (Fsp3) is 0.385. The Balaban J connectivity index is 1.94. The van der Waals surface area contributed by atoms with Crippen molar-refractivity contribution in [3.05, 3.63) is 35.4 Å². The summed E-state index contributed by atoms with van der Waals surface area (Å²) in [6.45, 7) is 3.24. The van der Waals surface area contributed by atoms with Crippen LogP contribution >= 0.6 is 0 Å². The van der Waals surface area contributed by atoms with Gasteiger partial charge in [0.15, 0.2) is 5.82 Å². The Morgan fingerprint density at radius 1 is 1.39 bits per heavy atom. The molecule has 18 heavy (non-hydrogen) atoms. The third-order valence-electron chi connectivity index (χ3n) is 3.17. The molecular weight excluding hydrogens is 235 g/mol. The average Bonchev–Trinajstić information content (AvgIpc) is 3.00. The van der Waals surface area contributed by atoms with Crippen molar-refractivity contribution in [1.82, 2.24) is 10.1 Å². The number of benzene rings is 1. The van der Waals surface area contributed by atoms with Gasteiger partial charge in [-0.3, -0.25) is 0 Å². The first kappa shape index (κ1) is 11.3.